The van der Waals surface area contributed by atoms with E-state index in [2.05, 4.69) is 15.9 Å². The van der Waals surface area contributed by atoms with Gasteiger partial charge in [0.15, 0.2) is 0 Å². The molecule has 0 aliphatic carbocycles. The Balaban J connectivity index is 1.50. The molecule has 0 atom stereocenters. The summed E-state index contributed by atoms with van der Waals surface area (Å²) in [4.78, 5) is 39.0. The lowest BCUT2D eigenvalue weighted by molar-refractivity contribution is -0.123. The van der Waals surface area contributed by atoms with Crippen molar-refractivity contribution in [2.45, 2.75) is 6.54 Å². The molecule has 154 valence electrons. The average molecular weight is 494 g/mol. The summed E-state index contributed by atoms with van der Waals surface area (Å²) in [6, 6.07) is 23.0. The number of benzene rings is 3. The van der Waals surface area contributed by atoms with Crippen LogP contribution in [0.4, 0.5) is 4.79 Å². The first-order chi connectivity index (χ1) is 15.0. The molecule has 1 saturated heterocycles. The summed E-state index contributed by atoms with van der Waals surface area (Å²) in [5.74, 6) is -0.459. The van der Waals surface area contributed by atoms with E-state index in [-0.39, 0.29) is 17.7 Å². The second-order valence-corrected chi connectivity index (χ2v) is 8.53. The first-order valence-corrected chi connectivity index (χ1v) is 11.0. The summed E-state index contributed by atoms with van der Waals surface area (Å²) in [5.41, 5.74) is 1.95. The second-order valence-electron chi connectivity index (χ2n) is 6.69. The van der Waals surface area contributed by atoms with Crippen LogP contribution in [0.15, 0.2) is 88.2 Å². The Labute approximate surface area is 191 Å². The third-order valence-electron chi connectivity index (χ3n) is 4.54. The third kappa shape index (κ3) is 4.95. The van der Waals surface area contributed by atoms with Crippen LogP contribution in [0.2, 0.25) is 0 Å². The molecule has 31 heavy (non-hydrogen) atoms. The molecule has 1 aliphatic heterocycles. The van der Waals surface area contributed by atoms with Crippen molar-refractivity contribution in [3.63, 3.8) is 0 Å². The third-order valence-corrected chi connectivity index (χ3v) is 6.22. The average Bonchev–Trinajstić information content (AvgIpc) is 3.03. The van der Waals surface area contributed by atoms with Gasteiger partial charge in [-0.3, -0.25) is 14.5 Å². The van der Waals surface area contributed by atoms with Crippen molar-refractivity contribution < 1.29 is 19.1 Å². The lowest BCUT2D eigenvalue weighted by Gasteiger charge is -2.13. The van der Waals surface area contributed by atoms with Gasteiger partial charge in [0.2, 0.25) is 0 Å². The maximum absolute atomic E-state index is 12.8. The minimum absolute atomic E-state index is 0.193. The van der Waals surface area contributed by atoms with E-state index in [4.69, 9.17) is 4.74 Å². The van der Waals surface area contributed by atoms with Crippen LogP contribution < -0.4 is 4.74 Å². The molecule has 3 aromatic rings. The van der Waals surface area contributed by atoms with Gasteiger partial charge in [0.05, 0.1) is 17.0 Å². The van der Waals surface area contributed by atoms with Gasteiger partial charge in [0.25, 0.3) is 11.1 Å². The van der Waals surface area contributed by atoms with Gasteiger partial charge in [0.1, 0.15) is 5.75 Å². The fourth-order valence-electron chi connectivity index (χ4n) is 2.99. The van der Waals surface area contributed by atoms with Gasteiger partial charge in [-0.2, -0.15) is 0 Å². The first-order valence-electron chi connectivity index (χ1n) is 9.37. The highest BCUT2D eigenvalue weighted by Crippen LogP contribution is 2.34. The van der Waals surface area contributed by atoms with Crippen molar-refractivity contribution in [2.75, 3.05) is 0 Å². The van der Waals surface area contributed by atoms with E-state index in [9.17, 15) is 14.4 Å². The number of ether oxygens (including phenoxy) is 1. The van der Waals surface area contributed by atoms with Crippen molar-refractivity contribution >= 4 is 50.9 Å². The number of imide groups is 1. The van der Waals surface area contributed by atoms with Crippen LogP contribution in [0.1, 0.15) is 21.5 Å². The Morgan fingerprint density at radius 1 is 0.968 bits per heavy atom. The molecule has 5 nitrogen and oxygen atoms in total. The molecule has 0 saturated carbocycles. The highest BCUT2D eigenvalue weighted by Gasteiger charge is 2.35. The SMILES string of the molecule is O=C(Oc1cccc(/C=C2\SC(=O)N(Cc3ccccc3Br)C2=O)c1)c1ccccc1. The summed E-state index contributed by atoms with van der Waals surface area (Å²) in [6.45, 7) is 0.193. The lowest BCUT2D eigenvalue weighted by atomic mass is 10.2. The van der Waals surface area contributed by atoms with Crippen LogP contribution in [-0.4, -0.2) is 22.0 Å². The Hall–Kier alpha value is -3.16. The monoisotopic (exact) mass is 493 g/mol. The number of hydrogen-bond acceptors (Lipinski definition) is 5. The maximum Gasteiger partial charge on any atom is 0.343 e. The molecule has 1 heterocycles. The standard InChI is InChI=1S/C24H16BrNO4S/c25-20-12-5-4-10-18(20)15-26-22(27)21(31-24(26)29)14-16-7-6-11-19(13-16)30-23(28)17-8-2-1-3-9-17/h1-14H,15H2/b21-14-. The molecular weight excluding hydrogens is 478 g/mol. The van der Waals surface area contributed by atoms with E-state index in [1.807, 2.05) is 30.3 Å². The van der Waals surface area contributed by atoms with Crippen molar-refractivity contribution in [3.8, 4) is 5.75 Å². The topological polar surface area (TPSA) is 63.7 Å². The highest BCUT2D eigenvalue weighted by molar-refractivity contribution is 9.10. The van der Waals surface area contributed by atoms with E-state index < -0.39 is 5.97 Å². The maximum atomic E-state index is 12.8. The van der Waals surface area contributed by atoms with E-state index in [1.165, 1.54) is 4.90 Å². The van der Waals surface area contributed by atoms with Crippen molar-refractivity contribution in [2.24, 2.45) is 0 Å². The van der Waals surface area contributed by atoms with Gasteiger partial charge in [-0.05, 0) is 59.3 Å². The predicted molar refractivity (Wildman–Crippen MR) is 123 cm³/mol. The Morgan fingerprint density at radius 3 is 2.48 bits per heavy atom. The molecule has 0 spiro atoms. The van der Waals surface area contributed by atoms with Crippen molar-refractivity contribution in [1.29, 1.82) is 0 Å². The minimum Gasteiger partial charge on any atom is -0.423 e. The molecule has 0 unspecified atom stereocenters. The number of amides is 2. The Kier molecular flexibility index (Phi) is 6.34. The fraction of sp³-hybridized carbons (Fsp3) is 0.0417. The first kappa shape index (κ1) is 21.1. The second kappa shape index (κ2) is 9.32. The molecule has 0 radical (unpaired) electrons. The summed E-state index contributed by atoms with van der Waals surface area (Å²) >= 11 is 4.34. The van der Waals surface area contributed by atoms with Gasteiger partial charge >= 0.3 is 5.97 Å². The molecule has 0 bridgehead atoms. The molecule has 1 aliphatic rings. The Morgan fingerprint density at radius 2 is 1.71 bits per heavy atom. The van der Waals surface area contributed by atoms with Gasteiger partial charge in [-0.1, -0.05) is 64.5 Å². The van der Waals surface area contributed by atoms with Crippen LogP contribution in [0, 0.1) is 0 Å². The summed E-state index contributed by atoms with van der Waals surface area (Å²) in [5, 5.41) is -0.321. The van der Waals surface area contributed by atoms with Crippen LogP contribution >= 0.6 is 27.7 Å². The molecule has 2 amide bonds. The summed E-state index contributed by atoms with van der Waals surface area (Å²) in [6.07, 6.45) is 1.63. The normalized spacial score (nSPS) is 14.9. The van der Waals surface area contributed by atoms with E-state index >= 15 is 0 Å². The zero-order chi connectivity index (χ0) is 21.8. The number of halogens is 1. The van der Waals surface area contributed by atoms with E-state index in [0.717, 1.165) is 21.8 Å². The largest absolute Gasteiger partial charge is 0.423 e. The molecule has 7 heteroatoms. The number of thioether (sulfide) groups is 1. The molecular formula is C24H16BrNO4S. The van der Waals surface area contributed by atoms with Gasteiger partial charge < -0.3 is 4.74 Å². The number of nitrogens with zero attached hydrogens (tertiary/aromatic N) is 1. The van der Waals surface area contributed by atoms with E-state index in [1.54, 1.807) is 54.6 Å². The van der Waals surface area contributed by atoms with Crippen molar-refractivity contribution in [3.05, 3.63) is 105 Å². The predicted octanol–water partition coefficient (Wildman–Crippen LogP) is 5.90. The van der Waals surface area contributed by atoms with Gasteiger partial charge in [-0.15, -0.1) is 0 Å². The summed E-state index contributed by atoms with van der Waals surface area (Å²) in [7, 11) is 0. The van der Waals surface area contributed by atoms with Crippen LogP contribution in [0.25, 0.3) is 6.08 Å². The van der Waals surface area contributed by atoms with E-state index in [0.29, 0.717) is 21.8 Å². The van der Waals surface area contributed by atoms with Crippen LogP contribution in [-0.2, 0) is 11.3 Å². The lowest BCUT2D eigenvalue weighted by Crippen LogP contribution is -2.27. The molecule has 4 rings (SSSR count). The number of esters is 1. The minimum atomic E-state index is -0.466. The number of hydrogen-bond donors (Lipinski definition) is 0. The zero-order valence-corrected chi connectivity index (χ0v) is 18.6. The van der Waals surface area contributed by atoms with Crippen molar-refractivity contribution in [1.82, 2.24) is 4.90 Å². The Bertz CT molecular complexity index is 1190. The highest BCUT2D eigenvalue weighted by atomic mass is 79.9. The zero-order valence-electron chi connectivity index (χ0n) is 16.2. The molecule has 3 aromatic carbocycles. The summed E-state index contributed by atoms with van der Waals surface area (Å²) < 4.78 is 6.26. The fourth-order valence-corrected chi connectivity index (χ4v) is 4.24. The smallest absolute Gasteiger partial charge is 0.343 e. The number of rotatable bonds is 5. The quantitative estimate of drug-likeness (QED) is 0.251. The number of carbonyl (C=O) groups excluding carboxylic acids is 3. The molecule has 0 N–H and O–H groups in total. The number of carbonyl (C=O) groups is 3. The van der Waals surface area contributed by atoms with Crippen LogP contribution in [0.5, 0.6) is 5.75 Å². The molecule has 0 aromatic heterocycles. The van der Waals surface area contributed by atoms with Gasteiger partial charge in [0, 0.05) is 4.47 Å². The van der Waals surface area contributed by atoms with Gasteiger partial charge in [-0.25, -0.2) is 4.79 Å². The molecule has 1 fully saturated rings. The van der Waals surface area contributed by atoms with Crippen LogP contribution in [0.3, 0.4) is 0 Å².